The fourth-order valence-corrected chi connectivity index (χ4v) is 4.39. The van der Waals surface area contributed by atoms with E-state index < -0.39 is 5.97 Å². The Labute approximate surface area is 187 Å². The van der Waals surface area contributed by atoms with Crippen molar-refractivity contribution in [2.24, 2.45) is 4.99 Å². The van der Waals surface area contributed by atoms with Crippen LogP contribution in [-0.2, 0) is 11.2 Å². The van der Waals surface area contributed by atoms with Crippen molar-refractivity contribution in [2.45, 2.75) is 33.1 Å². The molecule has 0 bridgehead atoms. The summed E-state index contributed by atoms with van der Waals surface area (Å²) >= 11 is 7.66. The zero-order valence-corrected chi connectivity index (χ0v) is 18.9. The number of carboxylic acids is 1. The Morgan fingerprint density at radius 1 is 1.43 bits per heavy atom. The van der Waals surface area contributed by atoms with Crippen LogP contribution in [0.15, 0.2) is 57.7 Å². The van der Waals surface area contributed by atoms with Crippen LogP contribution in [0.5, 0.6) is 5.75 Å². The van der Waals surface area contributed by atoms with Gasteiger partial charge in [0.05, 0.1) is 18.7 Å². The molecule has 2 heterocycles. The summed E-state index contributed by atoms with van der Waals surface area (Å²) < 4.78 is 5.95. The molecule has 2 aliphatic rings. The minimum Gasteiger partial charge on any atom is -0.493 e. The largest absolute Gasteiger partial charge is 0.493 e. The van der Waals surface area contributed by atoms with Gasteiger partial charge in [0.25, 0.3) is 0 Å². The van der Waals surface area contributed by atoms with Gasteiger partial charge in [-0.3, -0.25) is 4.79 Å². The first-order chi connectivity index (χ1) is 14.4. The molecule has 1 aromatic rings. The van der Waals surface area contributed by atoms with Crippen LogP contribution in [0.4, 0.5) is 0 Å². The summed E-state index contributed by atoms with van der Waals surface area (Å²) in [5, 5.41) is 10.9. The van der Waals surface area contributed by atoms with E-state index in [0.717, 1.165) is 64.5 Å². The number of halogens is 1. The minimum absolute atomic E-state index is 0.0184. The Balaban J connectivity index is 1.50. The number of carbonyl (C=O) groups is 1. The van der Waals surface area contributed by atoms with Crippen LogP contribution in [0.1, 0.15) is 30.9 Å². The smallest absolute Gasteiger partial charge is 0.307 e. The molecular weight excluding hydrogens is 420 g/mol. The molecular formula is C23H27ClN2O3S. The van der Waals surface area contributed by atoms with E-state index in [0.29, 0.717) is 6.61 Å². The highest BCUT2D eigenvalue weighted by Crippen LogP contribution is 2.27. The summed E-state index contributed by atoms with van der Waals surface area (Å²) in [6, 6.07) is 5.59. The van der Waals surface area contributed by atoms with E-state index in [4.69, 9.17) is 26.4 Å². The van der Waals surface area contributed by atoms with E-state index in [2.05, 4.69) is 11.0 Å². The fourth-order valence-electron chi connectivity index (χ4n) is 3.36. The van der Waals surface area contributed by atoms with Gasteiger partial charge in [-0.15, -0.1) is 0 Å². The number of benzene rings is 1. The van der Waals surface area contributed by atoms with Crippen molar-refractivity contribution in [3.63, 3.8) is 0 Å². The molecule has 0 radical (unpaired) electrons. The quantitative estimate of drug-likeness (QED) is 0.586. The number of carboxylic acid groups (broad SMARTS) is 1. The van der Waals surface area contributed by atoms with Crippen molar-refractivity contribution in [1.82, 2.24) is 4.90 Å². The monoisotopic (exact) mass is 446 g/mol. The fraction of sp³-hybridized carbons (Fsp3) is 0.391. The van der Waals surface area contributed by atoms with Crippen molar-refractivity contribution in [1.29, 1.82) is 0 Å². The summed E-state index contributed by atoms with van der Waals surface area (Å²) in [5.41, 5.74) is 4.15. The number of hydrogen-bond donors (Lipinski definition) is 1. The second kappa shape index (κ2) is 10.7. The molecule has 1 N–H and O–H groups in total. The van der Waals surface area contributed by atoms with Gasteiger partial charge in [0.15, 0.2) is 5.17 Å². The molecule has 30 heavy (non-hydrogen) atoms. The summed E-state index contributed by atoms with van der Waals surface area (Å²) in [6.07, 6.45) is 8.04. The molecule has 160 valence electrons. The zero-order valence-electron chi connectivity index (χ0n) is 17.4. The normalized spacial score (nSPS) is 18.4. The van der Waals surface area contributed by atoms with Gasteiger partial charge in [-0.2, -0.15) is 0 Å². The average molecular weight is 447 g/mol. The Kier molecular flexibility index (Phi) is 8.05. The Morgan fingerprint density at radius 3 is 2.97 bits per heavy atom. The van der Waals surface area contributed by atoms with Gasteiger partial charge in [0, 0.05) is 30.3 Å². The maximum atomic E-state index is 11.0. The first kappa shape index (κ1) is 22.5. The van der Waals surface area contributed by atoms with Crippen LogP contribution in [-0.4, -0.2) is 46.6 Å². The molecule has 0 fully saturated rings. The van der Waals surface area contributed by atoms with Gasteiger partial charge in [-0.25, -0.2) is 4.99 Å². The first-order valence-corrected chi connectivity index (χ1v) is 11.4. The van der Waals surface area contributed by atoms with Gasteiger partial charge in [-0.05, 0) is 49.6 Å². The molecule has 3 rings (SSSR count). The van der Waals surface area contributed by atoms with Crippen LogP contribution in [0.25, 0.3) is 0 Å². The topological polar surface area (TPSA) is 62.1 Å². The van der Waals surface area contributed by atoms with E-state index in [-0.39, 0.29) is 6.42 Å². The van der Waals surface area contributed by atoms with Gasteiger partial charge in [0.2, 0.25) is 0 Å². The number of allylic oxidation sites excluding steroid dienone is 3. The molecule has 1 aromatic carbocycles. The van der Waals surface area contributed by atoms with Crippen LogP contribution < -0.4 is 4.74 Å². The van der Waals surface area contributed by atoms with E-state index in [1.807, 2.05) is 44.2 Å². The average Bonchev–Trinajstić information content (AvgIpc) is 3.18. The second-order valence-corrected chi connectivity index (χ2v) is 8.90. The molecule has 0 saturated carbocycles. The number of aliphatic carboxylic acids is 1. The van der Waals surface area contributed by atoms with Gasteiger partial charge < -0.3 is 14.7 Å². The molecule has 7 heteroatoms. The predicted molar refractivity (Wildman–Crippen MR) is 124 cm³/mol. The Bertz CT molecular complexity index is 917. The highest BCUT2D eigenvalue weighted by molar-refractivity contribution is 8.14. The van der Waals surface area contributed by atoms with Crippen molar-refractivity contribution in [3.8, 4) is 5.75 Å². The van der Waals surface area contributed by atoms with Crippen molar-refractivity contribution in [2.75, 3.05) is 25.4 Å². The predicted octanol–water partition coefficient (Wildman–Crippen LogP) is 5.15. The molecule has 0 unspecified atom stereocenters. The maximum absolute atomic E-state index is 11.0. The minimum atomic E-state index is -0.828. The number of ether oxygens (including phenoxy) is 1. The summed E-state index contributed by atoms with van der Waals surface area (Å²) in [6.45, 7) is 6.20. The number of rotatable bonds is 7. The summed E-state index contributed by atoms with van der Waals surface area (Å²) in [5.74, 6) is 0.825. The van der Waals surface area contributed by atoms with Gasteiger partial charge in [-0.1, -0.05) is 47.1 Å². The van der Waals surface area contributed by atoms with Crippen LogP contribution in [0.2, 0.25) is 0 Å². The molecule has 0 atom stereocenters. The van der Waals surface area contributed by atoms with Gasteiger partial charge >= 0.3 is 5.97 Å². The van der Waals surface area contributed by atoms with Crippen molar-refractivity contribution >= 4 is 34.5 Å². The third-order valence-electron chi connectivity index (χ3n) is 5.09. The molecule has 0 saturated heterocycles. The molecule has 0 aromatic heterocycles. The second-order valence-electron chi connectivity index (χ2n) is 7.36. The molecule has 5 nitrogen and oxygen atoms in total. The third kappa shape index (κ3) is 6.41. The maximum Gasteiger partial charge on any atom is 0.307 e. The number of aliphatic imine (C=N–C) groups is 1. The highest BCUT2D eigenvalue weighted by Gasteiger charge is 2.20. The van der Waals surface area contributed by atoms with E-state index in [1.54, 1.807) is 11.8 Å². The van der Waals surface area contributed by atoms with Crippen LogP contribution >= 0.6 is 23.4 Å². The highest BCUT2D eigenvalue weighted by atomic mass is 35.5. The Hall–Kier alpha value is -2.18. The molecule has 0 aliphatic carbocycles. The number of hydrogen-bond acceptors (Lipinski definition) is 5. The van der Waals surface area contributed by atoms with E-state index in [9.17, 15) is 4.79 Å². The molecule has 0 amide bonds. The SMILES string of the molecule is C/C(Cl)=C\C=C1/CSC(N2CC=C(CCOc3cccc(CC(=O)O)c3C)CC2)=N1. The summed E-state index contributed by atoms with van der Waals surface area (Å²) in [4.78, 5) is 18.0. The lowest BCUT2D eigenvalue weighted by atomic mass is 10.0. The number of amidine groups is 1. The third-order valence-corrected chi connectivity index (χ3v) is 6.26. The number of thioether (sulfide) groups is 1. The van der Waals surface area contributed by atoms with E-state index in [1.165, 1.54) is 5.57 Å². The van der Waals surface area contributed by atoms with Crippen LogP contribution in [0, 0.1) is 6.92 Å². The van der Waals surface area contributed by atoms with Crippen LogP contribution in [0.3, 0.4) is 0 Å². The Morgan fingerprint density at radius 2 is 2.27 bits per heavy atom. The zero-order chi connectivity index (χ0) is 21.5. The lowest BCUT2D eigenvalue weighted by Crippen LogP contribution is -2.32. The lowest BCUT2D eigenvalue weighted by molar-refractivity contribution is -0.136. The lowest BCUT2D eigenvalue weighted by Gasteiger charge is -2.27. The standard InChI is InChI=1S/C23H27ClN2O3S/c1-16(24)6-7-20-15-30-23(25-20)26-11-8-18(9-12-26)10-13-29-21-5-3-4-19(17(21)2)14-22(27)28/h3-8H,9-15H2,1-2H3,(H,27,28)/b16-6+,20-7+. The number of nitrogens with zero attached hydrogens (tertiary/aromatic N) is 2. The first-order valence-electron chi connectivity index (χ1n) is 10.0. The molecule has 0 spiro atoms. The van der Waals surface area contributed by atoms with Crippen molar-refractivity contribution < 1.29 is 14.6 Å². The van der Waals surface area contributed by atoms with Crippen molar-refractivity contribution in [3.05, 3.63) is 63.9 Å². The van der Waals surface area contributed by atoms with Gasteiger partial charge in [0.1, 0.15) is 5.75 Å². The van der Waals surface area contributed by atoms with E-state index >= 15 is 0 Å². The molecule has 2 aliphatic heterocycles. The summed E-state index contributed by atoms with van der Waals surface area (Å²) in [7, 11) is 0.